The van der Waals surface area contributed by atoms with E-state index in [1.807, 2.05) is 52.0 Å². The van der Waals surface area contributed by atoms with Crippen LogP contribution in [0, 0.1) is 0 Å². The van der Waals surface area contributed by atoms with Crippen molar-refractivity contribution in [1.82, 2.24) is 19.3 Å². The molecule has 5 heteroatoms. The predicted molar refractivity (Wildman–Crippen MR) is 91.7 cm³/mol. The van der Waals surface area contributed by atoms with Gasteiger partial charge >= 0.3 is 0 Å². The van der Waals surface area contributed by atoms with Crippen molar-refractivity contribution in [2.24, 2.45) is 0 Å². The Labute approximate surface area is 141 Å². The fourth-order valence-corrected chi connectivity index (χ4v) is 3.47. The van der Waals surface area contributed by atoms with Gasteiger partial charge in [0.25, 0.3) is 5.91 Å². The Kier molecular flexibility index (Phi) is 3.99. The highest BCUT2D eigenvalue weighted by Gasteiger charge is 2.28. The van der Waals surface area contributed by atoms with Gasteiger partial charge in [0.1, 0.15) is 11.3 Å². The number of fused-ring (bicyclic) bond motifs is 1. The van der Waals surface area contributed by atoms with Gasteiger partial charge in [-0.1, -0.05) is 18.9 Å². The molecule has 0 aliphatic carbocycles. The third-order valence-corrected chi connectivity index (χ3v) is 4.69. The van der Waals surface area contributed by atoms with Gasteiger partial charge < -0.3 is 9.30 Å². The second-order valence-corrected chi connectivity index (χ2v) is 6.24. The Morgan fingerprint density at radius 1 is 1.08 bits per heavy atom. The van der Waals surface area contributed by atoms with Crippen molar-refractivity contribution in [2.75, 3.05) is 6.54 Å². The van der Waals surface area contributed by atoms with E-state index in [4.69, 9.17) is 0 Å². The van der Waals surface area contributed by atoms with Crippen molar-refractivity contribution in [1.29, 1.82) is 0 Å². The van der Waals surface area contributed by atoms with Gasteiger partial charge in [0.15, 0.2) is 0 Å². The molecule has 1 atom stereocenters. The minimum Gasteiger partial charge on any atom is -0.330 e. The maximum absolute atomic E-state index is 13.1. The van der Waals surface area contributed by atoms with Gasteiger partial charge in [-0.25, -0.2) is 4.98 Å². The lowest BCUT2D eigenvalue weighted by atomic mass is 10.0. The number of imidazole rings is 1. The van der Waals surface area contributed by atoms with Crippen LogP contribution in [0.5, 0.6) is 0 Å². The summed E-state index contributed by atoms with van der Waals surface area (Å²) in [5, 5.41) is 0. The third kappa shape index (κ3) is 2.77. The molecular formula is C19H20N4O. The number of carbonyl (C=O) groups excluding carboxylic acids is 1. The number of hydrogen-bond donors (Lipinski definition) is 0. The standard InChI is InChI=1S/C19H20N4O/c24-19(16-14-22-12-5-3-7-18(22)21-16)23-13-4-1-2-6-17(23)15-8-10-20-11-9-15/h3,5,7-12,14,17H,1-2,4,6,13H2/t17-/m0/s1. The second kappa shape index (κ2) is 6.43. The van der Waals surface area contributed by atoms with E-state index in [-0.39, 0.29) is 11.9 Å². The fourth-order valence-electron chi connectivity index (χ4n) is 3.47. The first kappa shape index (κ1) is 14.9. The lowest BCUT2D eigenvalue weighted by molar-refractivity contribution is 0.0675. The van der Waals surface area contributed by atoms with E-state index in [0.717, 1.165) is 43.4 Å². The molecule has 0 saturated carbocycles. The molecule has 4 heterocycles. The lowest BCUT2D eigenvalue weighted by Gasteiger charge is -2.29. The first-order valence-electron chi connectivity index (χ1n) is 8.47. The normalized spacial score (nSPS) is 18.5. The summed E-state index contributed by atoms with van der Waals surface area (Å²) in [6, 6.07) is 9.92. The van der Waals surface area contributed by atoms with E-state index < -0.39 is 0 Å². The van der Waals surface area contributed by atoms with Crippen LogP contribution >= 0.6 is 0 Å². The van der Waals surface area contributed by atoms with Gasteiger partial charge in [-0.3, -0.25) is 9.78 Å². The molecule has 3 aromatic heterocycles. The van der Waals surface area contributed by atoms with E-state index in [1.54, 1.807) is 12.4 Å². The van der Waals surface area contributed by atoms with Crippen LogP contribution in [0.25, 0.3) is 5.65 Å². The Morgan fingerprint density at radius 3 is 2.79 bits per heavy atom. The van der Waals surface area contributed by atoms with Gasteiger partial charge in [-0.15, -0.1) is 0 Å². The number of carbonyl (C=O) groups is 1. The van der Waals surface area contributed by atoms with E-state index in [2.05, 4.69) is 9.97 Å². The largest absolute Gasteiger partial charge is 0.330 e. The summed E-state index contributed by atoms with van der Waals surface area (Å²) >= 11 is 0. The van der Waals surface area contributed by atoms with Gasteiger partial charge in [-0.2, -0.15) is 0 Å². The molecule has 1 amide bonds. The van der Waals surface area contributed by atoms with E-state index in [9.17, 15) is 4.79 Å². The second-order valence-electron chi connectivity index (χ2n) is 6.24. The zero-order valence-corrected chi connectivity index (χ0v) is 13.5. The summed E-state index contributed by atoms with van der Waals surface area (Å²) in [4.78, 5) is 23.7. The van der Waals surface area contributed by atoms with Crippen molar-refractivity contribution in [3.63, 3.8) is 0 Å². The highest BCUT2D eigenvalue weighted by molar-refractivity contribution is 5.93. The number of rotatable bonds is 2. The van der Waals surface area contributed by atoms with E-state index in [0.29, 0.717) is 5.69 Å². The summed E-state index contributed by atoms with van der Waals surface area (Å²) in [6.45, 7) is 0.777. The van der Waals surface area contributed by atoms with Gasteiger partial charge in [0.05, 0.1) is 6.04 Å². The minimum atomic E-state index is 0.0161. The summed E-state index contributed by atoms with van der Waals surface area (Å²) in [7, 11) is 0. The molecule has 0 spiro atoms. The average molecular weight is 320 g/mol. The van der Waals surface area contributed by atoms with E-state index >= 15 is 0 Å². The molecule has 0 radical (unpaired) electrons. The smallest absolute Gasteiger partial charge is 0.274 e. The molecule has 0 unspecified atom stereocenters. The first-order chi connectivity index (χ1) is 11.8. The molecule has 4 rings (SSSR count). The van der Waals surface area contributed by atoms with Crippen molar-refractivity contribution in [3.8, 4) is 0 Å². The highest BCUT2D eigenvalue weighted by Crippen LogP contribution is 2.31. The molecule has 1 fully saturated rings. The summed E-state index contributed by atoms with van der Waals surface area (Å²) in [5.41, 5.74) is 2.47. The molecule has 1 saturated heterocycles. The minimum absolute atomic E-state index is 0.0161. The first-order valence-corrected chi connectivity index (χ1v) is 8.47. The van der Waals surface area contributed by atoms with Crippen LogP contribution in [0.15, 0.2) is 55.1 Å². The van der Waals surface area contributed by atoms with Crippen LogP contribution in [0.1, 0.15) is 47.8 Å². The molecule has 0 aromatic carbocycles. The van der Waals surface area contributed by atoms with Crippen LogP contribution in [0.4, 0.5) is 0 Å². The molecule has 1 aliphatic rings. The number of likely N-dealkylation sites (tertiary alicyclic amines) is 1. The Hall–Kier alpha value is -2.69. The molecular weight excluding hydrogens is 300 g/mol. The SMILES string of the molecule is O=C(c1cn2ccccc2n1)N1CCCCC[C@H]1c1ccncc1. The zero-order chi connectivity index (χ0) is 16.4. The number of pyridine rings is 2. The lowest BCUT2D eigenvalue weighted by Crippen LogP contribution is -2.35. The van der Waals surface area contributed by atoms with Crippen LogP contribution in [0.3, 0.4) is 0 Å². The van der Waals surface area contributed by atoms with E-state index in [1.165, 1.54) is 0 Å². The highest BCUT2D eigenvalue weighted by atomic mass is 16.2. The molecule has 24 heavy (non-hydrogen) atoms. The van der Waals surface area contributed by atoms with Crippen molar-refractivity contribution < 1.29 is 4.79 Å². The summed E-state index contributed by atoms with van der Waals surface area (Å²) in [6.07, 6.45) is 11.7. The van der Waals surface area contributed by atoms with Crippen LogP contribution in [-0.4, -0.2) is 31.7 Å². The summed E-state index contributed by atoms with van der Waals surface area (Å²) in [5.74, 6) is 0.0161. The number of hydrogen-bond acceptors (Lipinski definition) is 3. The average Bonchev–Trinajstić information content (AvgIpc) is 2.91. The molecule has 5 nitrogen and oxygen atoms in total. The molecule has 0 N–H and O–H groups in total. The molecule has 122 valence electrons. The molecule has 1 aliphatic heterocycles. The topological polar surface area (TPSA) is 50.5 Å². The van der Waals surface area contributed by atoms with Gasteiger partial charge in [-0.05, 0) is 42.7 Å². The van der Waals surface area contributed by atoms with Gasteiger partial charge in [0, 0.05) is 31.3 Å². The number of amides is 1. The Bertz CT molecular complexity index is 810. The monoisotopic (exact) mass is 320 g/mol. The summed E-state index contributed by atoms with van der Waals surface area (Å²) < 4.78 is 1.90. The maximum Gasteiger partial charge on any atom is 0.274 e. The number of aromatic nitrogens is 3. The zero-order valence-electron chi connectivity index (χ0n) is 13.5. The fraction of sp³-hybridized carbons (Fsp3) is 0.316. The Morgan fingerprint density at radius 2 is 1.96 bits per heavy atom. The molecule has 3 aromatic rings. The van der Waals surface area contributed by atoms with Crippen molar-refractivity contribution in [3.05, 3.63) is 66.4 Å². The third-order valence-electron chi connectivity index (χ3n) is 4.69. The van der Waals surface area contributed by atoms with Crippen molar-refractivity contribution >= 4 is 11.6 Å². The van der Waals surface area contributed by atoms with Gasteiger partial charge in [0.2, 0.25) is 0 Å². The van der Waals surface area contributed by atoms with Crippen LogP contribution < -0.4 is 0 Å². The predicted octanol–water partition coefficient (Wildman–Crippen LogP) is 3.49. The maximum atomic E-state index is 13.1. The van der Waals surface area contributed by atoms with Crippen LogP contribution in [-0.2, 0) is 0 Å². The molecule has 0 bridgehead atoms. The van der Waals surface area contributed by atoms with Crippen molar-refractivity contribution in [2.45, 2.75) is 31.7 Å². The Balaban J connectivity index is 1.69. The van der Waals surface area contributed by atoms with Crippen LogP contribution in [0.2, 0.25) is 0 Å². The number of nitrogens with zero attached hydrogens (tertiary/aromatic N) is 4. The quantitative estimate of drug-likeness (QED) is 0.726.